The largest absolute Gasteiger partial charge is 0.352 e. The van der Waals surface area contributed by atoms with Crippen molar-refractivity contribution in [2.45, 2.75) is 25.1 Å². The Kier molecular flexibility index (Phi) is 6.60. The van der Waals surface area contributed by atoms with Crippen LogP contribution in [0.5, 0.6) is 0 Å². The molecule has 1 N–H and O–H groups in total. The summed E-state index contributed by atoms with van der Waals surface area (Å²) < 4.78 is 27.2. The molecule has 31 heavy (non-hydrogen) atoms. The van der Waals surface area contributed by atoms with Crippen molar-refractivity contribution in [3.63, 3.8) is 0 Å². The molecule has 1 atom stereocenters. The summed E-state index contributed by atoms with van der Waals surface area (Å²) in [7, 11) is -3.52. The van der Waals surface area contributed by atoms with Gasteiger partial charge in [0, 0.05) is 24.7 Å². The monoisotopic (exact) mass is 456 g/mol. The normalized spacial score (nSPS) is 17.5. The van der Waals surface area contributed by atoms with Gasteiger partial charge < -0.3 is 5.32 Å². The van der Waals surface area contributed by atoms with E-state index < -0.39 is 10.0 Å². The van der Waals surface area contributed by atoms with Crippen LogP contribution in [0.1, 0.15) is 24.0 Å². The second-order valence-corrected chi connectivity index (χ2v) is 10.4. The van der Waals surface area contributed by atoms with Crippen molar-refractivity contribution in [3.05, 3.63) is 82.9 Å². The minimum Gasteiger partial charge on any atom is -0.352 e. The number of piperidine rings is 1. The Balaban J connectivity index is 1.37. The van der Waals surface area contributed by atoms with Crippen LogP contribution in [0.25, 0.3) is 10.8 Å². The van der Waals surface area contributed by atoms with Crippen LogP contribution in [0.4, 0.5) is 0 Å². The fraction of sp³-hybridized carbons (Fsp3) is 0.292. The third-order valence-corrected chi connectivity index (χ3v) is 7.72. The Morgan fingerprint density at radius 3 is 2.61 bits per heavy atom. The number of hydrogen-bond acceptors (Lipinski definition) is 3. The van der Waals surface area contributed by atoms with Crippen molar-refractivity contribution in [3.8, 4) is 0 Å². The number of hydrogen-bond donors (Lipinski definition) is 1. The Bertz CT molecular complexity index is 1200. The average Bonchev–Trinajstić information content (AvgIpc) is 2.77. The molecule has 7 heteroatoms. The molecule has 0 bridgehead atoms. The van der Waals surface area contributed by atoms with Crippen LogP contribution in [-0.4, -0.2) is 31.7 Å². The third kappa shape index (κ3) is 5.45. The second-order valence-electron chi connectivity index (χ2n) is 7.98. The average molecular weight is 457 g/mol. The molecule has 1 unspecified atom stereocenters. The number of amides is 1. The van der Waals surface area contributed by atoms with Gasteiger partial charge in [0.15, 0.2) is 0 Å². The second kappa shape index (κ2) is 9.39. The third-order valence-electron chi connectivity index (χ3n) is 5.67. The van der Waals surface area contributed by atoms with Crippen molar-refractivity contribution in [2.75, 3.05) is 13.1 Å². The minimum absolute atomic E-state index is 0.101. The molecule has 1 heterocycles. The van der Waals surface area contributed by atoms with Gasteiger partial charge in [-0.05, 0) is 52.9 Å². The van der Waals surface area contributed by atoms with Gasteiger partial charge in [0.05, 0.1) is 11.7 Å². The van der Waals surface area contributed by atoms with Crippen LogP contribution in [0.3, 0.4) is 0 Å². The van der Waals surface area contributed by atoms with E-state index in [1.165, 1.54) is 4.31 Å². The van der Waals surface area contributed by atoms with Gasteiger partial charge in [0.1, 0.15) is 0 Å². The Morgan fingerprint density at radius 2 is 1.81 bits per heavy atom. The molecule has 0 aromatic heterocycles. The van der Waals surface area contributed by atoms with E-state index in [-0.39, 0.29) is 24.1 Å². The maximum atomic E-state index is 12.9. The highest BCUT2D eigenvalue weighted by Crippen LogP contribution is 2.23. The van der Waals surface area contributed by atoms with Crippen LogP contribution >= 0.6 is 11.6 Å². The van der Waals surface area contributed by atoms with Crippen LogP contribution in [0.15, 0.2) is 66.7 Å². The minimum atomic E-state index is -3.52. The molecule has 1 amide bonds. The fourth-order valence-corrected chi connectivity index (χ4v) is 5.83. The number of rotatable bonds is 6. The standard InChI is InChI=1S/C24H25ClN2O3S/c25-23-9-3-5-19(14-23)17-31(29,30)27-12-4-8-22(16-27)24(28)26-15-18-10-11-20-6-1-2-7-21(20)13-18/h1-3,5-7,9-11,13-14,22H,4,8,12,15-17H2,(H,26,28). The van der Waals surface area contributed by atoms with Gasteiger partial charge in [-0.2, -0.15) is 0 Å². The van der Waals surface area contributed by atoms with Crippen molar-refractivity contribution in [1.29, 1.82) is 0 Å². The zero-order valence-corrected chi connectivity index (χ0v) is 18.7. The molecular formula is C24H25ClN2O3S. The van der Waals surface area contributed by atoms with Crippen molar-refractivity contribution in [2.24, 2.45) is 5.92 Å². The van der Waals surface area contributed by atoms with Crippen molar-refractivity contribution >= 4 is 38.3 Å². The lowest BCUT2D eigenvalue weighted by Gasteiger charge is -2.31. The number of carbonyl (C=O) groups excluding carboxylic acids is 1. The summed E-state index contributed by atoms with van der Waals surface area (Å²) in [5.74, 6) is -0.557. The lowest BCUT2D eigenvalue weighted by atomic mass is 9.98. The van der Waals surface area contributed by atoms with E-state index in [1.807, 2.05) is 30.3 Å². The van der Waals surface area contributed by atoms with Gasteiger partial charge in [-0.3, -0.25) is 4.79 Å². The molecule has 1 fully saturated rings. The zero-order valence-electron chi connectivity index (χ0n) is 17.1. The summed E-state index contributed by atoms with van der Waals surface area (Å²) in [6.07, 6.45) is 1.36. The number of benzene rings is 3. The predicted octanol–water partition coefficient (Wildman–Crippen LogP) is 4.35. The number of nitrogens with one attached hydrogen (secondary N) is 1. The summed E-state index contributed by atoms with van der Waals surface area (Å²) in [5.41, 5.74) is 1.67. The maximum absolute atomic E-state index is 12.9. The lowest BCUT2D eigenvalue weighted by Crippen LogP contribution is -2.45. The SMILES string of the molecule is O=C(NCc1ccc2ccccc2c1)C1CCCN(S(=O)(=O)Cc2cccc(Cl)c2)C1. The quantitative estimate of drug-likeness (QED) is 0.599. The highest BCUT2D eigenvalue weighted by atomic mass is 35.5. The van der Waals surface area contributed by atoms with Crippen LogP contribution in [0, 0.1) is 5.92 Å². The number of fused-ring (bicyclic) bond motifs is 1. The molecule has 0 spiro atoms. The molecule has 4 rings (SSSR count). The first-order valence-electron chi connectivity index (χ1n) is 10.4. The summed E-state index contributed by atoms with van der Waals surface area (Å²) >= 11 is 5.98. The summed E-state index contributed by atoms with van der Waals surface area (Å²) in [6, 6.07) is 21.1. The smallest absolute Gasteiger partial charge is 0.224 e. The van der Waals surface area contributed by atoms with Gasteiger partial charge in [-0.1, -0.05) is 60.1 Å². The predicted molar refractivity (Wildman–Crippen MR) is 124 cm³/mol. The van der Waals surface area contributed by atoms with Gasteiger partial charge in [0.25, 0.3) is 0 Å². The number of halogens is 1. The molecule has 162 valence electrons. The van der Waals surface area contributed by atoms with E-state index in [4.69, 9.17) is 11.6 Å². The summed E-state index contributed by atoms with van der Waals surface area (Å²) in [4.78, 5) is 12.8. The van der Waals surface area contributed by atoms with Gasteiger partial charge in [0.2, 0.25) is 15.9 Å². The Morgan fingerprint density at radius 1 is 1.00 bits per heavy atom. The van der Waals surface area contributed by atoms with Crippen LogP contribution < -0.4 is 5.32 Å². The van der Waals surface area contributed by atoms with E-state index >= 15 is 0 Å². The molecule has 0 saturated carbocycles. The first-order chi connectivity index (χ1) is 14.9. The van der Waals surface area contributed by atoms with E-state index in [0.29, 0.717) is 36.5 Å². The van der Waals surface area contributed by atoms with Gasteiger partial charge >= 0.3 is 0 Å². The molecule has 3 aromatic carbocycles. The van der Waals surface area contributed by atoms with Gasteiger partial charge in [-0.25, -0.2) is 12.7 Å². The molecule has 0 radical (unpaired) electrons. The molecular weight excluding hydrogens is 432 g/mol. The fourth-order valence-electron chi connectivity index (χ4n) is 4.02. The highest BCUT2D eigenvalue weighted by molar-refractivity contribution is 7.88. The van der Waals surface area contributed by atoms with E-state index in [9.17, 15) is 13.2 Å². The number of nitrogens with zero attached hydrogens (tertiary/aromatic N) is 1. The Labute approximate surface area is 188 Å². The van der Waals surface area contributed by atoms with Gasteiger partial charge in [-0.15, -0.1) is 0 Å². The molecule has 1 saturated heterocycles. The highest BCUT2D eigenvalue weighted by Gasteiger charge is 2.32. The summed E-state index contributed by atoms with van der Waals surface area (Å²) in [6.45, 7) is 1.08. The first-order valence-corrected chi connectivity index (χ1v) is 12.4. The zero-order chi connectivity index (χ0) is 21.8. The number of sulfonamides is 1. The molecule has 3 aromatic rings. The van der Waals surface area contributed by atoms with Crippen LogP contribution in [-0.2, 0) is 27.1 Å². The Hall–Kier alpha value is -2.41. The molecule has 0 aliphatic carbocycles. The topological polar surface area (TPSA) is 66.5 Å². The lowest BCUT2D eigenvalue weighted by molar-refractivity contribution is -0.126. The van der Waals surface area contributed by atoms with E-state index in [1.54, 1.807) is 24.3 Å². The maximum Gasteiger partial charge on any atom is 0.224 e. The molecule has 1 aliphatic heterocycles. The molecule has 1 aliphatic rings. The van der Waals surface area contributed by atoms with E-state index in [0.717, 1.165) is 16.3 Å². The van der Waals surface area contributed by atoms with Crippen LogP contribution in [0.2, 0.25) is 5.02 Å². The van der Waals surface area contributed by atoms with E-state index in [2.05, 4.69) is 17.4 Å². The van der Waals surface area contributed by atoms with Crippen molar-refractivity contribution in [1.82, 2.24) is 9.62 Å². The molecule has 5 nitrogen and oxygen atoms in total. The summed E-state index contributed by atoms with van der Waals surface area (Å²) in [5, 5.41) is 5.78. The van der Waals surface area contributed by atoms with Crippen molar-refractivity contribution < 1.29 is 13.2 Å². The number of carbonyl (C=O) groups is 1. The first kappa shape index (κ1) is 21.8.